The normalized spacial score (nSPS) is 16.3. The lowest BCUT2D eigenvalue weighted by molar-refractivity contribution is -0.148. The number of carboxylic acids is 1. The Morgan fingerprint density at radius 1 is 1.37 bits per heavy atom. The second-order valence-corrected chi connectivity index (χ2v) is 5.69. The molecule has 1 aromatic rings. The van der Waals surface area contributed by atoms with Crippen LogP contribution >= 0.6 is 15.9 Å². The second-order valence-electron chi connectivity index (χ2n) is 4.78. The average molecular weight is 327 g/mol. The minimum Gasteiger partial charge on any atom is -0.480 e. The van der Waals surface area contributed by atoms with Crippen molar-refractivity contribution in [1.82, 2.24) is 5.32 Å². The molecule has 6 heteroatoms. The third-order valence-electron chi connectivity index (χ3n) is 3.42. The third-order valence-corrected chi connectivity index (χ3v) is 3.91. The number of carbonyl (C=O) groups is 2. The first kappa shape index (κ1) is 13.9. The van der Waals surface area contributed by atoms with Crippen LogP contribution in [0.4, 0.5) is 10.5 Å². The van der Waals surface area contributed by atoms with Gasteiger partial charge < -0.3 is 15.7 Å². The van der Waals surface area contributed by atoms with Crippen LogP contribution in [-0.2, 0) is 4.79 Å². The molecule has 0 aromatic heterocycles. The first-order valence-corrected chi connectivity index (χ1v) is 6.81. The number of aryl methyl sites for hydroxylation is 1. The second kappa shape index (κ2) is 5.21. The van der Waals surface area contributed by atoms with Gasteiger partial charge in [0, 0.05) is 10.2 Å². The first-order valence-electron chi connectivity index (χ1n) is 6.02. The molecule has 0 aliphatic heterocycles. The van der Waals surface area contributed by atoms with E-state index < -0.39 is 17.5 Å². The molecule has 0 saturated heterocycles. The van der Waals surface area contributed by atoms with Gasteiger partial charge >= 0.3 is 12.0 Å². The van der Waals surface area contributed by atoms with Crippen LogP contribution in [0.3, 0.4) is 0 Å². The molecule has 0 unspecified atom stereocenters. The average Bonchev–Trinajstić information content (AvgIpc) is 2.28. The standard InChI is InChI=1S/C13H15BrN2O3/c1-8-3-4-9(14)7-10(8)15-12(19)16-13(11(17)18)5-2-6-13/h3-4,7H,2,5-6H2,1H3,(H,17,18)(H2,15,16,19). The molecule has 1 saturated carbocycles. The van der Waals surface area contributed by atoms with Crippen LogP contribution in [0.2, 0.25) is 0 Å². The Kier molecular flexibility index (Phi) is 3.80. The Balaban J connectivity index is 2.05. The number of benzene rings is 1. The Bertz CT molecular complexity index is 527. The van der Waals surface area contributed by atoms with Crippen LogP contribution in [0.1, 0.15) is 24.8 Å². The highest BCUT2D eigenvalue weighted by Gasteiger charge is 2.45. The van der Waals surface area contributed by atoms with Gasteiger partial charge in [-0.05, 0) is 43.9 Å². The maximum Gasteiger partial charge on any atom is 0.329 e. The van der Waals surface area contributed by atoms with Crippen molar-refractivity contribution in [2.24, 2.45) is 0 Å². The van der Waals surface area contributed by atoms with Crippen molar-refractivity contribution in [2.45, 2.75) is 31.7 Å². The van der Waals surface area contributed by atoms with E-state index >= 15 is 0 Å². The lowest BCUT2D eigenvalue weighted by Gasteiger charge is -2.38. The summed E-state index contributed by atoms with van der Waals surface area (Å²) in [6.07, 6.45) is 1.78. The Labute approximate surface area is 119 Å². The summed E-state index contributed by atoms with van der Waals surface area (Å²) >= 11 is 3.33. The minimum atomic E-state index is -1.09. The fraction of sp³-hybridized carbons (Fsp3) is 0.385. The predicted octanol–water partition coefficient (Wildman–Crippen LogP) is 2.89. The Morgan fingerprint density at radius 2 is 2.05 bits per heavy atom. The highest BCUT2D eigenvalue weighted by molar-refractivity contribution is 9.10. The lowest BCUT2D eigenvalue weighted by atomic mass is 9.77. The van der Waals surface area contributed by atoms with Crippen LogP contribution < -0.4 is 10.6 Å². The number of halogens is 1. The van der Waals surface area contributed by atoms with Crippen molar-refractivity contribution in [3.8, 4) is 0 Å². The molecular weight excluding hydrogens is 312 g/mol. The Morgan fingerprint density at radius 3 is 2.58 bits per heavy atom. The van der Waals surface area contributed by atoms with Crippen molar-refractivity contribution < 1.29 is 14.7 Å². The van der Waals surface area contributed by atoms with Gasteiger partial charge in [-0.2, -0.15) is 0 Å². The SMILES string of the molecule is Cc1ccc(Br)cc1NC(=O)NC1(C(=O)O)CCC1. The summed E-state index contributed by atoms with van der Waals surface area (Å²) in [6.45, 7) is 1.87. The van der Waals surface area contributed by atoms with Gasteiger partial charge in [-0.25, -0.2) is 9.59 Å². The zero-order valence-electron chi connectivity index (χ0n) is 10.5. The summed E-state index contributed by atoms with van der Waals surface area (Å²) in [5.41, 5.74) is 0.479. The summed E-state index contributed by atoms with van der Waals surface area (Å²) in [4.78, 5) is 23.1. The molecule has 19 heavy (non-hydrogen) atoms. The largest absolute Gasteiger partial charge is 0.480 e. The molecule has 0 atom stereocenters. The highest BCUT2D eigenvalue weighted by Crippen LogP contribution is 2.32. The number of aliphatic carboxylic acids is 1. The maximum absolute atomic E-state index is 11.9. The number of urea groups is 1. The number of anilines is 1. The van der Waals surface area contributed by atoms with E-state index in [0.29, 0.717) is 18.5 Å². The molecule has 0 heterocycles. The van der Waals surface area contributed by atoms with Crippen LogP contribution in [0, 0.1) is 6.92 Å². The lowest BCUT2D eigenvalue weighted by Crippen LogP contribution is -2.60. The number of carboxylic acid groups (broad SMARTS) is 1. The molecule has 2 amide bonds. The summed E-state index contributed by atoms with van der Waals surface area (Å²) in [6, 6.07) is 5.05. The number of hydrogen-bond acceptors (Lipinski definition) is 2. The van der Waals surface area contributed by atoms with E-state index in [4.69, 9.17) is 5.11 Å². The fourth-order valence-electron chi connectivity index (χ4n) is 2.02. The van der Waals surface area contributed by atoms with E-state index in [1.54, 1.807) is 6.07 Å². The van der Waals surface area contributed by atoms with Gasteiger partial charge in [-0.3, -0.25) is 0 Å². The van der Waals surface area contributed by atoms with Gasteiger partial charge in [0.05, 0.1) is 0 Å². The van der Waals surface area contributed by atoms with Crippen LogP contribution in [0.15, 0.2) is 22.7 Å². The van der Waals surface area contributed by atoms with Crippen molar-refractivity contribution in [3.63, 3.8) is 0 Å². The van der Waals surface area contributed by atoms with E-state index in [1.807, 2.05) is 19.1 Å². The van der Waals surface area contributed by atoms with Gasteiger partial charge in [0.2, 0.25) is 0 Å². The summed E-state index contributed by atoms with van der Waals surface area (Å²) in [7, 11) is 0. The molecule has 5 nitrogen and oxygen atoms in total. The molecule has 1 aromatic carbocycles. The number of rotatable bonds is 3. The van der Waals surface area contributed by atoms with E-state index in [1.165, 1.54) is 0 Å². The Hall–Kier alpha value is -1.56. The summed E-state index contributed by atoms with van der Waals surface area (Å²) in [5, 5.41) is 14.4. The minimum absolute atomic E-state index is 0.479. The van der Waals surface area contributed by atoms with E-state index in [2.05, 4.69) is 26.6 Å². The molecule has 102 valence electrons. The number of amides is 2. The number of carbonyl (C=O) groups excluding carboxylic acids is 1. The predicted molar refractivity (Wildman–Crippen MR) is 75.3 cm³/mol. The van der Waals surface area contributed by atoms with Gasteiger partial charge in [-0.1, -0.05) is 22.0 Å². The zero-order valence-corrected chi connectivity index (χ0v) is 12.1. The van der Waals surface area contributed by atoms with Crippen molar-refractivity contribution in [2.75, 3.05) is 5.32 Å². The van der Waals surface area contributed by atoms with Crippen LogP contribution in [-0.4, -0.2) is 22.6 Å². The van der Waals surface area contributed by atoms with Crippen molar-refractivity contribution in [1.29, 1.82) is 0 Å². The number of nitrogens with one attached hydrogen (secondary N) is 2. The molecule has 3 N–H and O–H groups in total. The fourth-order valence-corrected chi connectivity index (χ4v) is 2.38. The summed E-state index contributed by atoms with van der Waals surface area (Å²) in [5.74, 6) is -0.972. The molecule has 1 fully saturated rings. The molecule has 0 spiro atoms. The molecule has 0 radical (unpaired) electrons. The first-order chi connectivity index (χ1) is 8.93. The number of hydrogen-bond donors (Lipinski definition) is 3. The maximum atomic E-state index is 11.9. The van der Waals surface area contributed by atoms with Crippen molar-refractivity contribution >= 4 is 33.6 Å². The molecule has 1 aliphatic rings. The molecule has 2 rings (SSSR count). The van der Waals surface area contributed by atoms with E-state index in [9.17, 15) is 9.59 Å². The molecule has 1 aliphatic carbocycles. The van der Waals surface area contributed by atoms with Crippen molar-refractivity contribution in [3.05, 3.63) is 28.2 Å². The monoisotopic (exact) mass is 326 g/mol. The van der Waals surface area contributed by atoms with Gasteiger partial charge in [-0.15, -0.1) is 0 Å². The quantitative estimate of drug-likeness (QED) is 0.799. The van der Waals surface area contributed by atoms with E-state index in [-0.39, 0.29) is 0 Å². The smallest absolute Gasteiger partial charge is 0.329 e. The van der Waals surface area contributed by atoms with Gasteiger partial charge in [0.1, 0.15) is 5.54 Å². The molecular formula is C13H15BrN2O3. The zero-order chi connectivity index (χ0) is 14.0. The van der Waals surface area contributed by atoms with E-state index in [0.717, 1.165) is 16.5 Å². The topological polar surface area (TPSA) is 78.4 Å². The van der Waals surface area contributed by atoms with Crippen LogP contribution in [0.5, 0.6) is 0 Å². The van der Waals surface area contributed by atoms with Crippen LogP contribution in [0.25, 0.3) is 0 Å². The molecule has 0 bridgehead atoms. The third kappa shape index (κ3) is 2.89. The van der Waals surface area contributed by atoms with Gasteiger partial charge in [0.15, 0.2) is 0 Å². The highest BCUT2D eigenvalue weighted by atomic mass is 79.9. The van der Waals surface area contributed by atoms with Gasteiger partial charge in [0.25, 0.3) is 0 Å². The summed E-state index contributed by atoms with van der Waals surface area (Å²) < 4.78 is 0.852.